The molecule has 0 heterocycles. The fourth-order valence-electron chi connectivity index (χ4n) is 5.62. The van der Waals surface area contributed by atoms with Gasteiger partial charge < -0.3 is 34.3 Å². The van der Waals surface area contributed by atoms with E-state index < -0.39 is 48.6 Å². The molecule has 0 atom stereocenters. The lowest BCUT2D eigenvalue weighted by Gasteiger charge is -2.34. The Morgan fingerprint density at radius 2 is 0.640 bits per heavy atom. The Morgan fingerprint density at radius 3 is 0.940 bits per heavy atom. The van der Waals surface area contributed by atoms with E-state index in [1.807, 2.05) is 0 Å². The van der Waals surface area contributed by atoms with Gasteiger partial charge in [-0.1, -0.05) is 136 Å². The first kappa shape index (κ1) is 48.2. The molecule has 0 aliphatic heterocycles. The van der Waals surface area contributed by atoms with Crippen LogP contribution in [0, 0.1) is 10.8 Å². The number of ether oxygens (including phenoxy) is 4. The average molecular weight is 717 g/mol. The molecule has 0 aromatic heterocycles. The van der Waals surface area contributed by atoms with Crippen LogP contribution >= 0.6 is 0 Å². The predicted octanol–water partition coefficient (Wildman–Crippen LogP) is 8.00. The highest BCUT2D eigenvalue weighted by Crippen LogP contribution is 2.24. The van der Waals surface area contributed by atoms with Gasteiger partial charge in [-0.2, -0.15) is 0 Å². The summed E-state index contributed by atoms with van der Waals surface area (Å²) in [6.07, 6.45) is 23.3. The van der Waals surface area contributed by atoms with E-state index in [2.05, 4.69) is 20.8 Å². The zero-order valence-corrected chi connectivity index (χ0v) is 32.3. The van der Waals surface area contributed by atoms with Crippen LogP contribution in [-0.2, 0) is 33.3 Å². The topological polar surface area (TPSA) is 149 Å². The number of aliphatic hydroxyl groups is 3. The van der Waals surface area contributed by atoms with Gasteiger partial charge >= 0.3 is 17.9 Å². The second-order valence-electron chi connectivity index (χ2n) is 14.6. The molecule has 0 amide bonds. The zero-order valence-electron chi connectivity index (χ0n) is 32.3. The maximum Gasteiger partial charge on any atom is 0.305 e. The second-order valence-corrected chi connectivity index (χ2v) is 14.6. The van der Waals surface area contributed by atoms with E-state index in [4.69, 9.17) is 18.9 Å². The molecule has 10 heteroatoms. The number of hydrogen-bond acceptors (Lipinski definition) is 10. The largest absolute Gasteiger partial charge is 0.465 e. The van der Waals surface area contributed by atoms with E-state index in [1.165, 1.54) is 57.8 Å². The molecule has 0 saturated heterocycles. The van der Waals surface area contributed by atoms with Gasteiger partial charge in [-0.15, -0.1) is 0 Å². The van der Waals surface area contributed by atoms with Gasteiger partial charge in [0, 0.05) is 19.3 Å². The number of esters is 3. The highest BCUT2D eigenvalue weighted by Gasteiger charge is 2.37. The first-order chi connectivity index (χ1) is 24.3. The summed E-state index contributed by atoms with van der Waals surface area (Å²) in [5, 5.41) is 30.8. The van der Waals surface area contributed by atoms with Crippen molar-refractivity contribution in [2.24, 2.45) is 10.8 Å². The van der Waals surface area contributed by atoms with Crippen molar-refractivity contribution in [2.75, 3.05) is 52.9 Å². The van der Waals surface area contributed by atoms with Crippen LogP contribution in [0.1, 0.15) is 175 Å². The molecular formula is C40H76O10. The Morgan fingerprint density at radius 1 is 0.380 bits per heavy atom. The number of aliphatic hydroxyl groups excluding tert-OH is 3. The maximum absolute atomic E-state index is 12.6. The summed E-state index contributed by atoms with van der Waals surface area (Å²) in [7, 11) is 0. The minimum atomic E-state index is -1.27. The first-order valence-corrected chi connectivity index (χ1v) is 20.1. The van der Waals surface area contributed by atoms with Crippen LogP contribution in [0.3, 0.4) is 0 Å². The Labute approximate surface area is 304 Å². The molecule has 0 radical (unpaired) electrons. The van der Waals surface area contributed by atoms with Crippen molar-refractivity contribution in [1.29, 1.82) is 0 Å². The lowest BCUT2D eigenvalue weighted by Crippen LogP contribution is -2.45. The highest BCUT2D eigenvalue weighted by atomic mass is 16.6. The fourth-order valence-corrected chi connectivity index (χ4v) is 5.62. The molecule has 10 nitrogen and oxygen atoms in total. The SMILES string of the molecule is CCCCCCCCCC(=O)OCC(CO)(CO)COCC(CO)(COC(=O)CCCCCCCCC)COC(=O)CCCCCCCCC. The van der Waals surface area contributed by atoms with Crippen molar-refractivity contribution in [1.82, 2.24) is 0 Å². The maximum atomic E-state index is 12.6. The van der Waals surface area contributed by atoms with Gasteiger partial charge in [0.25, 0.3) is 0 Å². The summed E-state index contributed by atoms with van der Waals surface area (Å²) >= 11 is 0. The molecule has 3 N–H and O–H groups in total. The van der Waals surface area contributed by atoms with Crippen LogP contribution in [0.25, 0.3) is 0 Å². The quantitative estimate of drug-likeness (QED) is 0.0328. The van der Waals surface area contributed by atoms with Crippen LogP contribution in [0.4, 0.5) is 0 Å². The van der Waals surface area contributed by atoms with Crippen molar-refractivity contribution < 1.29 is 48.7 Å². The molecule has 0 rings (SSSR count). The summed E-state index contributed by atoms with van der Waals surface area (Å²) in [5.41, 5.74) is -2.51. The minimum absolute atomic E-state index is 0.174. The Bertz CT molecular complexity index is 780. The molecule has 296 valence electrons. The van der Waals surface area contributed by atoms with Gasteiger partial charge in [0.05, 0.1) is 43.9 Å². The average Bonchev–Trinajstić information content (AvgIpc) is 3.13. The monoisotopic (exact) mass is 717 g/mol. The third-order valence-corrected chi connectivity index (χ3v) is 9.39. The van der Waals surface area contributed by atoms with Crippen molar-refractivity contribution in [3.05, 3.63) is 0 Å². The van der Waals surface area contributed by atoms with Gasteiger partial charge in [0.15, 0.2) is 0 Å². The third kappa shape index (κ3) is 26.1. The van der Waals surface area contributed by atoms with Crippen LogP contribution in [0.2, 0.25) is 0 Å². The summed E-state index contributed by atoms with van der Waals surface area (Å²) < 4.78 is 22.5. The fraction of sp³-hybridized carbons (Fsp3) is 0.925. The Kier molecular flexibility index (Phi) is 32.0. The standard InChI is InChI=1S/C40H76O10/c1-4-7-10-13-16-19-22-25-36(44)48-33-39(28-41,29-42)31-47-32-40(30-43,34-49-37(45)26-23-20-17-14-11-8-5-2)35-50-38(46)27-24-21-18-15-12-9-6-3/h41-43H,4-35H2,1-3H3. The normalized spacial score (nSPS) is 11.9. The van der Waals surface area contributed by atoms with E-state index in [0.717, 1.165) is 64.2 Å². The number of rotatable bonds is 37. The predicted molar refractivity (Wildman–Crippen MR) is 198 cm³/mol. The van der Waals surface area contributed by atoms with Gasteiger partial charge in [0.1, 0.15) is 19.8 Å². The second kappa shape index (κ2) is 33.1. The molecular weight excluding hydrogens is 640 g/mol. The van der Waals surface area contributed by atoms with E-state index in [9.17, 15) is 29.7 Å². The molecule has 0 aromatic carbocycles. The van der Waals surface area contributed by atoms with Crippen molar-refractivity contribution in [2.45, 2.75) is 175 Å². The molecule has 0 spiro atoms. The van der Waals surface area contributed by atoms with Gasteiger partial charge in [-0.25, -0.2) is 0 Å². The molecule has 0 aliphatic carbocycles. The van der Waals surface area contributed by atoms with Crippen LogP contribution < -0.4 is 0 Å². The molecule has 0 aliphatic rings. The summed E-state index contributed by atoms with van der Waals surface area (Å²) in [6, 6.07) is 0. The Balaban J connectivity index is 5.10. The van der Waals surface area contributed by atoms with Crippen molar-refractivity contribution >= 4 is 17.9 Å². The molecule has 50 heavy (non-hydrogen) atoms. The van der Waals surface area contributed by atoms with Crippen LogP contribution in [-0.4, -0.2) is 86.1 Å². The molecule has 0 aromatic rings. The zero-order chi connectivity index (χ0) is 37.2. The number of carbonyl (C=O) groups is 3. The number of carbonyl (C=O) groups excluding carboxylic acids is 3. The van der Waals surface area contributed by atoms with Crippen LogP contribution in [0.5, 0.6) is 0 Å². The first-order valence-electron chi connectivity index (χ1n) is 20.1. The molecule has 0 unspecified atom stereocenters. The minimum Gasteiger partial charge on any atom is -0.465 e. The van der Waals surface area contributed by atoms with E-state index in [1.54, 1.807) is 0 Å². The Hall–Kier alpha value is -1.75. The third-order valence-electron chi connectivity index (χ3n) is 9.39. The number of unbranched alkanes of at least 4 members (excludes halogenated alkanes) is 18. The van der Waals surface area contributed by atoms with Crippen LogP contribution in [0.15, 0.2) is 0 Å². The van der Waals surface area contributed by atoms with E-state index in [-0.39, 0.29) is 52.3 Å². The summed E-state index contributed by atoms with van der Waals surface area (Å²) in [6.45, 7) is 4.01. The van der Waals surface area contributed by atoms with Gasteiger partial charge in [-0.05, 0) is 19.3 Å². The smallest absolute Gasteiger partial charge is 0.305 e. The van der Waals surface area contributed by atoms with Gasteiger partial charge in [-0.3, -0.25) is 14.4 Å². The lowest BCUT2D eigenvalue weighted by atomic mass is 9.90. The summed E-state index contributed by atoms with van der Waals surface area (Å²) in [5.74, 6) is -1.17. The van der Waals surface area contributed by atoms with E-state index in [0.29, 0.717) is 12.8 Å². The van der Waals surface area contributed by atoms with E-state index >= 15 is 0 Å². The van der Waals surface area contributed by atoms with Gasteiger partial charge in [0.2, 0.25) is 0 Å². The van der Waals surface area contributed by atoms with Crippen molar-refractivity contribution in [3.8, 4) is 0 Å². The summed E-state index contributed by atoms with van der Waals surface area (Å²) in [4.78, 5) is 37.6. The molecule has 0 bridgehead atoms. The highest BCUT2D eigenvalue weighted by molar-refractivity contribution is 5.70. The lowest BCUT2D eigenvalue weighted by molar-refractivity contribution is -0.165. The number of hydrogen-bond donors (Lipinski definition) is 3. The molecule has 0 fully saturated rings. The van der Waals surface area contributed by atoms with Crippen molar-refractivity contribution in [3.63, 3.8) is 0 Å². The molecule has 0 saturated carbocycles.